The maximum absolute atomic E-state index is 13.0. The maximum atomic E-state index is 13.0. The van der Waals surface area contributed by atoms with E-state index in [1.54, 1.807) is 11.8 Å². The van der Waals surface area contributed by atoms with Gasteiger partial charge in [-0.05, 0) is 36.4 Å². The van der Waals surface area contributed by atoms with Crippen molar-refractivity contribution in [3.63, 3.8) is 0 Å². The van der Waals surface area contributed by atoms with Crippen LogP contribution >= 0.6 is 11.8 Å². The van der Waals surface area contributed by atoms with Crippen LogP contribution in [-0.4, -0.2) is 30.9 Å². The van der Waals surface area contributed by atoms with Gasteiger partial charge in [0, 0.05) is 11.4 Å². The number of hydrogen-bond acceptors (Lipinski definition) is 4. The number of carbonyl (C=O) groups excluding carboxylic acids is 1. The van der Waals surface area contributed by atoms with Crippen molar-refractivity contribution < 1.29 is 14.3 Å². The Bertz CT molecular complexity index is 734. The third-order valence-corrected chi connectivity index (χ3v) is 5.14. The molecule has 1 amide bonds. The highest BCUT2D eigenvalue weighted by molar-refractivity contribution is 7.99. The molecule has 0 N–H and O–H groups in total. The van der Waals surface area contributed by atoms with Crippen molar-refractivity contribution in [2.24, 2.45) is 0 Å². The van der Waals surface area contributed by atoms with Crippen LogP contribution in [0.3, 0.4) is 0 Å². The second-order valence-corrected chi connectivity index (χ2v) is 6.66. The zero-order chi connectivity index (χ0) is 15.6. The van der Waals surface area contributed by atoms with Crippen LogP contribution in [0.25, 0.3) is 0 Å². The highest BCUT2D eigenvalue weighted by atomic mass is 32.2. The summed E-state index contributed by atoms with van der Waals surface area (Å²) in [6.45, 7) is 0.964. The van der Waals surface area contributed by atoms with Crippen LogP contribution in [0.5, 0.6) is 11.5 Å². The van der Waals surface area contributed by atoms with Gasteiger partial charge in [0.05, 0.1) is 5.69 Å². The Hall–Kier alpha value is -2.14. The second-order valence-electron chi connectivity index (χ2n) is 5.52. The Morgan fingerprint density at radius 2 is 1.87 bits per heavy atom. The minimum absolute atomic E-state index is 0.0329. The van der Waals surface area contributed by atoms with Gasteiger partial charge >= 0.3 is 0 Å². The van der Waals surface area contributed by atoms with Crippen LogP contribution in [0.1, 0.15) is 6.42 Å². The number of thioether (sulfide) groups is 1. The first-order chi connectivity index (χ1) is 11.3. The number of carbonyl (C=O) groups is 1. The molecule has 0 radical (unpaired) electrons. The molecule has 0 bridgehead atoms. The van der Waals surface area contributed by atoms with Crippen molar-refractivity contribution in [3.05, 3.63) is 48.5 Å². The topological polar surface area (TPSA) is 38.8 Å². The maximum Gasteiger partial charge on any atom is 0.271 e. The molecule has 2 aromatic rings. The SMILES string of the molecule is O=C([C@H]1COc2ccccc2O1)N1CCCSc2ccccc21. The Morgan fingerprint density at radius 1 is 1.09 bits per heavy atom. The molecule has 4 nitrogen and oxygen atoms in total. The number of fused-ring (bicyclic) bond motifs is 2. The number of amides is 1. The van der Waals surface area contributed by atoms with E-state index >= 15 is 0 Å². The fourth-order valence-corrected chi connectivity index (χ4v) is 3.87. The second kappa shape index (κ2) is 6.16. The Balaban J connectivity index is 1.60. The smallest absolute Gasteiger partial charge is 0.271 e. The molecule has 2 heterocycles. The molecule has 0 spiro atoms. The Kier molecular flexibility index (Phi) is 3.87. The summed E-state index contributed by atoms with van der Waals surface area (Å²) in [6, 6.07) is 15.5. The van der Waals surface area contributed by atoms with E-state index in [-0.39, 0.29) is 12.5 Å². The lowest BCUT2D eigenvalue weighted by Crippen LogP contribution is -2.47. The molecule has 0 saturated carbocycles. The Morgan fingerprint density at radius 3 is 2.78 bits per heavy atom. The van der Waals surface area contributed by atoms with Crippen LogP contribution in [0.4, 0.5) is 5.69 Å². The summed E-state index contributed by atoms with van der Waals surface area (Å²) >= 11 is 1.80. The van der Waals surface area contributed by atoms with E-state index in [0.29, 0.717) is 18.0 Å². The standard InChI is InChI=1S/C18H17NO3S/c20-18(16-12-21-14-7-2-3-8-15(14)22-16)19-10-5-11-23-17-9-4-1-6-13(17)19/h1-4,6-9,16H,5,10-12H2/t16-/m1/s1. The van der Waals surface area contributed by atoms with Crippen LogP contribution in [0.15, 0.2) is 53.4 Å². The van der Waals surface area contributed by atoms with Gasteiger partial charge in [0.25, 0.3) is 5.91 Å². The fourth-order valence-electron chi connectivity index (χ4n) is 2.87. The van der Waals surface area contributed by atoms with Gasteiger partial charge in [-0.25, -0.2) is 0 Å². The average molecular weight is 327 g/mol. The fraction of sp³-hybridized carbons (Fsp3) is 0.278. The summed E-state index contributed by atoms with van der Waals surface area (Å²) in [5.74, 6) is 2.32. The molecule has 5 heteroatoms. The molecule has 4 rings (SSSR count). The molecule has 0 fully saturated rings. The van der Waals surface area contributed by atoms with Gasteiger partial charge in [-0.15, -0.1) is 11.8 Å². The number of ether oxygens (including phenoxy) is 2. The monoisotopic (exact) mass is 327 g/mol. The lowest BCUT2D eigenvalue weighted by molar-refractivity contribution is -0.127. The molecule has 2 aromatic carbocycles. The van der Waals surface area contributed by atoms with Crippen LogP contribution in [0, 0.1) is 0 Å². The van der Waals surface area contributed by atoms with E-state index in [1.807, 2.05) is 47.4 Å². The highest BCUT2D eigenvalue weighted by Crippen LogP contribution is 2.35. The number of hydrogen-bond donors (Lipinski definition) is 0. The van der Waals surface area contributed by atoms with E-state index in [4.69, 9.17) is 9.47 Å². The van der Waals surface area contributed by atoms with Crippen LogP contribution in [-0.2, 0) is 4.79 Å². The highest BCUT2D eigenvalue weighted by Gasteiger charge is 2.33. The van der Waals surface area contributed by atoms with Crippen molar-refractivity contribution in [2.45, 2.75) is 17.4 Å². The van der Waals surface area contributed by atoms with Crippen LogP contribution in [0.2, 0.25) is 0 Å². The number of benzene rings is 2. The number of nitrogens with zero attached hydrogens (tertiary/aromatic N) is 1. The van der Waals surface area contributed by atoms with Crippen molar-refractivity contribution in [2.75, 3.05) is 23.8 Å². The summed E-state index contributed by atoms with van der Waals surface area (Å²) < 4.78 is 11.6. The number of para-hydroxylation sites is 3. The molecule has 1 atom stereocenters. The summed E-state index contributed by atoms with van der Waals surface area (Å²) in [4.78, 5) is 16.0. The summed E-state index contributed by atoms with van der Waals surface area (Å²) in [6.07, 6.45) is 0.371. The van der Waals surface area contributed by atoms with Crippen molar-refractivity contribution in [1.82, 2.24) is 0 Å². The molecule has 23 heavy (non-hydrogen) atoms. The zero-order valence-electron chi connectivity index (χ0n) is 12.6. The molecule has 0 saturated heterocycles. The summed E-state index contributed by atoms with van der Waals surface area (Å²) in [5, 5.41) is 0. The minimum Gasteiger partial charge on any atom is -0.485 e. The molecule has 0 aromatic heterocycles. The molecular weight excluding hydrogens is 310 g/mol. The first kappa shape index (κ1) is 14.5. The normalized spacial score (nSPS) is 19.7. The molecular formula is C18H17NO3S. The van der Waals surface area contributed by atoms with Gasteiger partial charge in [-0.3, -0.25) is 4.79 Å². The predicted molar refractivity (Wildman–Crippen MR) is 90.5 cm³/mol. The van der Waals surface area contributed by atoms with Gasteiger partial charge in [-0.2, -0.15) is 0 Å². The lowest BCUT2D eigenvalue weighted by Gasteiger charge is -2.30. The Labute approximate surface area is 139 Å². The first-order valence-corrected chi connectivity index (χ1v) is 8.73. The lowest BCUT2D eigenvalue weighted by atomic mass is 10.2. The quantitative estimate of drug-likeness (QED) is 0.805. The van der Waals surface area contributed by atoms with E-state index in [2.05, 4.69) is 6.07 Å². The van der Waals surface area contributed by atoms with Crippen molar-refractivity contribution >= 4 is 23.4 Å². The molecule has 0 unspecified atom stereocenters. The summed E-state index contributed by atoms with van der Waals surface area (Å²) in [7, 11) is 0. The van der Waals surface area contributed by atoms with Gasteiger partial charge in [0.2, 0.25) is 6.10 Å². The van der Waals surface area contributed by atoms with Gasteiger partial charge in [0.15, 0.2) is 11.5 Å². The zero-order valence-corrected chi connectivity index (χ0v) is 13.4. The summed E-state index contributed by atoms with van der Waals surface area (Å²) in [5.41, 5.74) is 0.974. The largest absolute Gasteiger partial charge is 0.485 e. The van der Waals surface area contributed by atoms with Crippen molar-refractivity contribution in [1.29, 1.82) is 0 Å². The van der Waals surface area contributed by atoms with Crippen LogP contribution < -0.4 is 14.4 Å². The van der Waals surface area contributed by atoms with Gasteiger partial charge in [-0.1, -0.05) is 24.3 Å². The molecule has 2 aliphatic rings. The van der Waals surface area contributed by atoms with E-state index < -0.39 is 6.10 Å². The number of anilines is 1. The van der Waals surface area contributed by atoms with Gasteiger partial charge < -0.3 is 14.4 Å². The average Bonchev–Trinajstić information content (AvgIpc) is 2.83. The molecule has 2 aliphatic heterocycles. The van der Waals surface area contributed by atoms with Crippen molar-refractivity contribution in [3.8, 4) is 11.5 Å². The third kappa shape index (κ3) is 2.77. The first-order valence-electron chi connectivity index (χ1n) is 7.74. The number of rotatable bonds is 1. The molecule has 0 aliphatic carbocycles. The molecule has 118 valence electrons. The predicted octanol–water partition coefficient (Wildman–Crippen LogP) is 3.36. The minimum atomic E-state index is -0.596. The third-order valence-electron chi connectivity index (χ3n) is 3.99. The van der Waals surface area contributed by atoms with E-state index in [9.17, 15) is 4.79 Å². The van der Waals surface area contributed by atoms with E-state index in [0.717, 1.165) is 22.8 Å². The van der Waals surface area contributed by atoms with Gasteiger partial charge in [0.1, 0.15) is 6.61 Å². The van der Waals surface area contributed by atoms with E-state index in [1.165, 1.54) is 0 Å².